The first-order chi connectivity index (χ1) is 8.29. The summed E-state index contributed by atoms with van der Waals surface area (Å²) in [6.45, 7) is 0.934. The van der Waals surface area contributed by atoms with Crippen molar-refractivity contribution in [3.05, 3.63) is 5.82 Å². The number of methoxy groups -OCH3 is 1. The van der Waals surface area contributed by atoms with Crippen molar-refractivity contribution in [1.29, 1.82) is 0 Å². The van der Waals surface area contributed by atoms with Gasteiger partial charge in [0, 0.05) is 6.54 Å². The highest BCUT2D eigenvalue weighted by Crippen LogP contribution is 2.37. The van der Waals surface area contributed by atoms with Gasteiger partial charge in [0.2, 0.25) is 5.95 Å². The van der Waals surface area contributed by atoms with Crippen LogP contribution in [0.3, 0.4) is 0 Å². The first-order valence-corrected chi connectivity index (χ1v) is 6.08. The van der Waals surface area contributed by atoms with Crippen molar-refractivity contribution < 1.29 is 9.53 Å². The summed E-state index contributed by atoms with van der Waals surface area (Å²) in [6.07, 6.45) is 4.87. The van der Waals surface area contributed by atoms with E-state index in [4.69, 9.17) is 0 Å². The van der Waals surface area contributed by atoms with Crippen LogP contribution in [-0.2, 0) is 4.74 Å². The van der Waals surface area contributed by atoms with Gasteiger partial charge in [0.15, 0.2) is 0 Å². The standard InChI is InChI=1S/C11H16N4O2/c1-17-10(16)9-13-11-12-6-7-4-2-3-5-8(7)15(11)14-9/h7-8H,2-6H2,1H3,(H,12,13,14). The molecular formula is C11H16N4O2. The Labute approximate surface area is 99.4 Å². The van der Waals surface area contributed by atoms with E-state index in [1.165, 1.54) is 26.4 Å². The van der Waals surface area contributed by atoms with Crippen LogP contribution in [0.4, 0.5) is 5.95 Å². The Bertz CT molecular complexity index is 443. The Kier molecular flexibility index (Phi) is 2.49. The van der Waals surface area contributed by atoms with Crippen molar-refractivity contribution in [1.82, 2.24) is 14.8 Å². The Morgan fingerprint density at radius 2 is 2.29 bits per heavy atom. The van der Waals surface area contributed by atoms with E-state index in [2.05, 4.69) is 20.1 Å². The summed E-state index contributed by atoms with van der Waals surface area (Å²) in [5.41, 5.74) is 0. The fourth-order valence-electron chi connectivity index (χ4n) is 2.82. The average Bonchev–Trinajstić information content (AvgIpc) is 2.82. The molecule has 2 unspecified atom stereocenters. The number of ether oxygens (including phenoxy) is 1. The van der Waals surface area contributed by atoms with Gasteiger partial charge in [0.05, 0.1) is 13.2 Å². The van der Waals surface area contributed by atoms with Crippen molar-refractivity contribution in [2.24, 2.45) is 5.92 Å². The van der Waals surface area contributed by atoms with Gasteiger partial charge >= 0.3 is 5.97 Å². The maximum Gasteiger partial charge on any atom is 0.378 e. The zero-order valence-electron chi connectivity index (χ0n) is 9.85. The summed E-state index contributed by atoms with van der Waals surface area (Å²) in [5.74, 6) is 0.999. The van der Waals surface area contributed by atoms with Gasteiger partial charge in [0.1, 0.15) is 0 Å². The Balaban J connectivity index is 1.93. The molecule has 1 fully saturated rings. The summed E-state index contributed by atoms with van der Waals surface area (Å²) in [5, 5.41) is 7.52. The third-order valence-corrected chi connectivity index (χ3v) is 3.70. The number of anilines is 1. The second-order valence-corrected chi connectivity index (χ2v) is 4.69. The molecule has 0 aromatic carbocycles. The highest BCUT2D eigenvalue weighted by molar-refractivity contribution is 5.85. The lowest BCUT2D eigenvalue weighted by atomic mass is 9.84. The minimum absolute atomic E-state index is 0.154. The lowest BCUT2D eigenvalue weighted by molar-refractivity contribution is 0.0585. The molecule has 3 rings (SSSR count). The molecule has 0 radical (unpaired) electrons. The summed E-state index contributed by atoms with van der Waals surface area (Å²) >= 11 is 0. The lowest BCUT2D eigenvalue weighted by Crippen LogP contribution is -2.35. The molecule has 0 amide bonds. The highest BCUT2D eigenvalue weighted by Gasteiger charge is 2.34. The molecular weight excluding hydrogens is 220 g/mol. The van der Waals surface area contributed by atoms with Gasteiger partial charge in [-0.1, -0.05) is 12.8 Å². The fraction of sp³-hybridized carbons (Fsp3) is 0.727. The molecule has 1 aromatic rings. The zero-order valence-corrected chi connectivity index (χ0v) is 9.85. The molecule has 6 nitrogen and oxygen atoms in total. The van der Waals surface area contributed by atoms with E-state index in [-0.39, 0.29) is 5.82 Å². The zero-order chi connectivity index (χ0) is 11.8. The van der Waals surface area contributed by atoms with E-state index < -0.39 is 5.97 Å². The van der Waals surface area contributed by atoms with Gasteiger partial charge in [-0.2, -0.15) is 4.98 Å². The highest BCUT2D eigenvalue weighted by atomic mass is 16.5. The average molecular weight is 236 g/mol. The molecule has 17 heavy (non-hydrogen) atoms. The van der Waals surface area contributed by atoms with E-state index in [9.17, 15) is 4.79 Å². The van der Waals surface area contributed by atoms with Gasteiger partial charge in [-0.15, -0.1) is 5.10 Å². The normalized spacial score (nSPS) is 26.6. The predicted octanol–water partition coefficient (Wildman–Crippen LogP) is 1.22. The third-order valence-electron chi connectivity index (χ3n) is 3.70. The quantitative estimate of drug-likeness (QED) is 0.742. The number of esters is 1. The van der Waals surface area contributed by atoms with E-state index in [0.717, 1.165) is 13.0 Å². The van der Waals surface area contributed by atoms with Crippen molar-refractivity contribution >= 4 is 11.9 Å². The van der Waals surface area contributed by atoms with Gasteiger partial charge in [-0.3, -0.25) is 0 Å². The molecule has 2 atom stereocenters. The maximum atomic E-state index is 11.4. The topological polar surface area (TPSA) is 69.0 Å². The van der Waals surface area contributed by atoms with Crippen molar-refractivity contribution in [3.8, 4) is 0 Å². The van der Waals surface area contributed by atoms with Crippen LogP contribution in [0, 0.1) is 5.92 Å². The van der Waals surface area contributed by atoms with Crippen LogP contribution < -0.4 is 5.32 Å². The summed E-state index contributed by atoms with van der Waals surface area (Å²) in [7, 11) is 1.35. The Hall–Kier alpha value is -1.59. The largest absolute Gasteiger partial charge is 0.463 e. The SMILES string of the molecule is COC(=O)c1nc2n(n1)C1CCCCC1CN2. The van der Waals surface area contributed by atoms with Gasteiger partial charge in [-0.25, -0.2) is 9.48 Å². The summed E-state index contributed by atoms with van der Waals surface area (Å²) in [4.78, 5) is 15.6. The lowest BCUT2D eigenvalue weighted by Gasteiger charge is -2.35. The molecule has 1 aliphatic carbocycles. The van der Waals surface area contributed by atoms with Crippen LogP contribution in [0.1, 0.15) is 42.3 Å². The monoisotopic (exact) mass is 236 g/mol. The number of nitrogens with zero attached hydrogens (tertiary/aromatic N) is 3. The number of hydrogen-bond donors (Lipinski definition) is 1. The Morgan fingerprint density at radius 3 is 3.12 bits per heavy atom. The van der Waals surface area contributed by atoms with Crippen molar-refractivity contribution in [3.63, 3.8) is 0 Å². The van der Waals surface area contributed by atoms with E-state index in [1.54, 1.807) is 0 Å². The second kappa shape index (κ2) is 4.01. The molecule has 6 heteroatoms. The van der Waals surface area contributed by atoms with Crippen LogP contribution >= 0.6 is 0 Å². The fourth-order valence-corrected chi connectivity index (χ4v) is 2.82. The van der Waals surface area contributed by atoms with Gasteiger partial charge in [-0.05, 0) is 18.8 Å². The number of rotatable bonds is 1. The van der Waals surface area contributed by atoms with E-state index in [0.29, 0.717) is 17.9 Å². The Morgan fingerprint density at radius 1 is 1.47 bits per heavy atom. The number of hydrogen-bond acceptors (Lipinski definition) is 5. The number of aromatic nitrogens is 3. The maximum absolute atomic E-state index is 11.4. The minimum Gasteiger partial charge on any atom is -0.463 e. The molecule has 1 N–H and O–H groups in total. The van der Waals surface area contributed by atoms with Gasteiger partial charge in [0.25, 0.3) is 5.82 Å². The molecule has 1 aliphatic heterocycles. The van der Waals surface area contributed by atoms with Crippen molar-refractivity contribution in [2.45, 2.75) is 31.7 Å². The molecule has 2 aliphatic rings. The molecule has 0 bridgehead atoms. The minimum atomic E-state index is -0.471. The second-order valence-electron chi connectivity index (χ2n) is 4.69. The summed E-state index contributed by atoms with van der Waals surface area (Å²) < 4.78 is 6.52. The van der Waals surface area contributed by atoms with Crippen molar-refractivity contribution in [2.75, 3.05) is 19.0 Å². The molecule has 2 heterocycles. The number of carbonyl (C=O) groups is 1. The van der Waals surface area contributed by atoms with Gasteiger partial charge < -0.3 is 10.1 Å². The first-order valence-electron chi connectivity index (χ1n) is 6.08. The van der Waals surface area contributed by atoms with Crippen LogP contribution in [-0.4, -0.2) is 34.4 Å². The van der Waals surface area contributed by atoms with Crippen LogP contribution in [0.15, 0.2) is 0 Å². The molecule has 0 saturated heterocycles. The molecule has 1 saturated carbocycles. The van der Waals surface area contributed by atoms with E-state index >= 15 is 0 Å². The third kappa shape index (κ3) is 1.67. The first kappa shape index (κ1) is 10.6. The van der Waals surface area contributed by atoms with Crippen LogP contribution in [0.2, 0.25) is 0 Å². The van der Waals surface area contributed by atoms with E-state index in [1.807, 2.05) is 4.68 Å². The molecule has 0 spiro atoms. The van der Waals surface area contributed by atoms with Crippen LogP contribution in [0.25, 0.3) is 0 Å². The van der Waals surface area contributed by atoms with Crippen LogP contribution in [0.5, 0.6) is 0 Å². The summed E-state index contributed by atoms with van der Waals surface area (Å²) in [6, 6.07) is 0.394. The predicted molar refractivity (Wildman–Crippen MR) is 60.8 cm³/mol. The smallest absolute Gasteiger partial charge is 0.378 e. The molecule has 1 aromatic heterocycles. The number of carbonyl (C=O) groups excluding carboxylic acids is 1. The number of fused-ring (bicyclic) bond motifs is 3. The molecule has 92 valence electrons. The number of nitrogens with one attached hydrogen (secondary N) is 1.